The number of aromatic nitrogens is 4. The predicted molar refractivity (Wildman–Crippen MR) is 347 cm³/mol. The van der Waals surface area contributed by atoms with Crippen LogP contribution in [-0.2, 0) is 21.7 Å². The second kappa shape index (κ2) is 21.8. The van der Waals surface area contributed by atoms with E-state index in [4.69, 9.17) is 9.72 Å². The number of pyridine rings is 1. The number of ether oxygens (including phenoxy) is 1. The molecule has 0 aliphatic rings. The fourth-order valence-electron chi connectivity index (χ4n) is 12.6. The first-order valence-corrected chi connectivity index (χ1v) is 29.9. The lowest BCUT2D eigenvalue weighted by Gasteiger charge is -2.35. The highest BCUT2D eigenvalue weighted by Crippen LogP contribution is 2.46. The smallest absolute Gasteiger partial charge is 0.269 e. The maximum absolute atomic E-state index is 7.37. The third-order valence-electron chi connectivity index (χ3n) is 17.7. The van der Waals surface area contributed by atoms with E-state index in [0.717, 1.165) is 67.4 Å². The summed E-state index contributed by atoms with van der Waals surface area (Å²) in [5, 5.41) is 2.30. The standard InChI is InChI=1S/C78H82N4O/c1-51(2)55-42-67(52(3)4)72(68(43-55)53(5)6)54-40-41-79-71(44-54)82-69-37-26-25-36-65(69)66-39-38-63(49-70(66)82)83-64-47-60(76(10,11)56-28-19-16-20-29-56)46-62(48-64)81-50-80(61-35-27-34-59(45-61)75(7,8)9)73(77(12,13)57-30-21-17-22-31-57)74(81)78(14,15)58-32-23-18-24-33-58/h16-49,51-53H,1-15H3. The van der Waals surface area contributed by atoms with Crippen LogP contribution in [0.2, 0.25) is 0 Å². The maximum atomic E-state index is 7.37. The molecule has 0 radical (unpaired) electrons. The zero-order valence-electron chi connectivity index (χ0n) is 51.6. The Bertz CT molecular complexity index is 4120. The molecule has 8 aromatic carbocycles. The van der Waals surface area contributed by atoms with Crippen molar-refractivity contribution in [3.8, 4) is 39.8 Å². The van der Waals surface area contributed by atoms with E-state index in [0.29, 0.717) is 17.8 Å². The molecule has 3 heterocycles. The predicted octanol–water partition coefficient (Wildman–Crippen LogP) is 20.2. The molecule has 0 saturated carbocycles. The molecular weight excluding hydrogens is 1010 g/mol. The number of rotatable bonds is 15. The topological polar surface area (TPSA) is 35.9 Å². The average Bonchev–Trinajstić information content (AvgIpc) is 1.89. The summed E-state index contributed by atoms with van der Waals surface area (Å²) in [5.74, 6) is 3.44. The van der Waals surface area contributed by atoms with E-state index in [1.54, 1.807) is 0 Å². The quantitative estimate of drug-likeness (QED) is 0.0758. The summed E-state index contributed by atoms with van der Waals surface area (Å²) in [6.45, 7) is 34.8. The van der Waals surface area contributed by atoms with Gasteiger partial charge in [0.15, 0.2) is 0 Å². The van der Waals surface area contributed by atoms with E-state index < -0.39 is 16.2 Å². The van der Waals surface area contributed by atoms with Crippen LogP contribution in [0.15, 0.2) is 206 Å². The zero-order chi connectivity index (χ0) is 58.8. The first kappa shape index (κ1) is 56.6. The third-order valence-corrected chi connectivity index (χ3v) is 17.7. The summed E-state index contributed by atoms with van der Waals surface area (Å²) in [6.07, 6.45) is 6.08. The first-order chi connectivity index (χ1) is 39.5. The highest BCUT2D eigenvalue weighted by Gasteiger charge is 2.40. The fraction of sp³-hybridized carbons (Fsp3) is 0.282. The molecule has 11 rings (SSSR count). The van der Waals surface area contributed by atoms with Crippen LogP contribution in [0.1, 0.15) is 178 Å². The SMILES string of the molecule is CC(C)c1cc(C(C)C)c(-c2ccnc(-n3c4ccccc4c4ccc(Oc5cc(-n6[c-][n+](-c7cccc(C(C)(C)C)c7)c(C(C)(C)c7ccccc7)c6C(C)(C)c6ccccc6)cc(C(C)(C)c6ccccc6)c5)cc43)c2)c(C(C)C)c1. The van der Waals surface area contributed by atoms with Gasteiger partial charge in [0.05, 0.1) is 33.8 Å². The van der Waals surface area contributed by atoms with Crippen LogP contribution in [-0.4, -0.2) is 14.1 Å². The summed E-state index contributed by atoms with van der Waals surface area (Å²) in [4.78, 5) is 5.18. The molecule has 0 spiro atoms. The lowest BCUT2D eigenvalue weighted by Crippen LogP contribution is -2.43. The molecular formula is C78H82N4O. The Morgan fingerprint density at radius 2 is 1.02 bits per heavy atom. The minimum atomic E-state index is -0.522. The van der Waals surface area contributed by atoms with Gasteiger partial charge in [-0.05, 0) is 139 Å². The number of para-hydroxylation sites is 1. The van der Waals surface area contributed by atoms with Gasteiger partial charge >= 0.3 is 0 Å². The molecule has 0 saturated heterocycles. The van der Waals surface area contributed by atoms with Crippen molar-refractivity contribution in [1.29, 1.82) is 0 Å². The summed E-state index contributed by atoms with van der Waals surface area (Å²) in [7, 11) is 0. The second-order valence-electron chi connectivity index (χ2n) is 26.5. The molecule has 11 aromatic rings. The molecule has 83 heavy (non-hydrogen) atoms. The molecule has 0 aliphatic heterocycles. The molecule has 5 nitrogen and oxygen atoms in total. The maximum Gasteiger partial charge on any atom is 0.269 e. The van der Waals surface area contributed by atoms with Gasteiger partial charge in [-0.15, -0.1) is 0 Å². The highest BCUT2D eigenvalue weighted by atomic mass is 16.5. The lowest BCUT2D eigenvalue weighted by molar-refractivity contribution is -0.611. The minimum Gasteiger partial charge on any atom is -0.458 e. The van der Waals surface area contributed by atoms with Crippen LogP contribution in [0.3, 0.4) is 0 Å². The lowest BCUT2D eigenvalue weighted by atomic mass is 9.73. The van der Waals surface area contributed by atoms with Gasteiger partial charge in [0.25, 0.3) is 6.33 Å². The van der Waals surface area contributed by atoms with Crippen molar-refractivity contribution >= 4 is 21.8 Å². The normalized spacial score (nSPS) is 12.6. The molecule has 0 aliphatic carbocycles. The van der Waals surface area contributed by atoms with Crippen molar-refractivity contribution in [3.05, 3.63) is 269 Å². The van der Waals surface area contributed by atoms with Gasteiger partial charge in [-0.1, -0.05) is 237 Å². The van der Waals surface area contributed by atoms with Gasteiger partial charge in [0.1, 0.15) is 17.3 Å². The fourth-order valence-corrected chi connectivity index (χ4v) is 12.6. The van der Waals surface area contributed by atoms with Crippen molar-refractivity contribution in [2.45, 2.75) is 143 Å². The molecule has 0 atom stereocenters. The van der Waals surface area contributed by atoms with Crippen LogP contribution < -0.4 is 9.30 Å². The number of benzene rings is 8. The molecule has 0 N–H and O–H groups in total. The molecule has 420 valence electrons. The minimum absolute atomic E-state index is 0.0724. The van der Waals surface area contributed by atoms with Gasteiger partial charge in [-0.3, -0.25) is 13.7 Å². The van der Waals surface area contributed by atoms with E-state index in [-0.39, 0.29) is 5.41 Å². The Hall–Kier alpha value is -8.28. The summed E-state index contributed by atoms with van der Waals surface area (Å²) < 4.78 is 14.4. The Balaban J connectivity index is 1.14. The Morgan fingerprint density at radius 3 is 1.63 bits per heavy atom. The van der Waals surface area contributed by atoms with E-state index in [2.05, 4.69) is 324 Å². The van der Waals surface area contributed by atoms with Gasteiger partial charge < -0.3 is 4.74 Å². The number of nitrogens with zero attached hydrogens (tertiary/aromatic N) is 4. The molecule has 0 fully saturated rings. The summed E-state index contributed by atoms with van der Waals surface area (Å²) >= 11 is 0. The number of imidazole rings is 1. The Kier molecular flexibility index (Phi) is 14.9. The Labute approximate surface area is 494 Å². The number of fused-ring (bicyclic) bond motifs is 3. The van der Waals surface area contributed by atoms with Crippen LogP contribution in [0, 0.1) is 6.33 Å². The molecule has 0 bridgehead atoms. The summed E-state index contributed by atoms with van der Waals surface area (Å²) in [6, 6.07) is 73.2. The van der Waals surface area contributed by atoms with Gasteiger partial charge in [-0.2, -0.15) is 0 Å². The van der Waals surface area contributed by atoms with Crippen LogP contribution in [0.4, 0.5) is 0 Å². The summed E-state index contributed by atoms with van der Waals surface area (Å²) in [5.41, 5.74) is 17.6. The van der Waals surface area contributed by atoms with E-state index in [1.165, 1.54) is 50.1 Å². The third kappa shape index (κ3) is 10.5. The van der Waals surface area contributed by atoms with Crippen molar-refractivity contribution in [1.82, 2.24) is 14.1 Å². The van der Waals surface area contributed by atoms with E-state index >= 15 is 0 Å². The van der Waals surface area contributed by atoms with Crippen molar-refractivity contribution in [2.24, 2.45) is 0 Å². The van der Waals surface area contributed by atoms with Crippen LogP contribution in [0.25, 0.3) is 50.1 Å². The van der Waals surface area contributed by atoms with Gasteiger partial charge in [0.2, 0.25) is 0 Å². The zero-order valence-corrected chi connectivity index (χ0v) is 51.6. The van der Waals surface area contributed by atoms with E-state index in [9.17, 15) is 0 Å². The molecule has 0 unspecified atom stereocenters. The largest absolute Gasteiger partial charge is 0.458 e. The van der Waals surface area contributed by atoms with Crippen molar-refractivity contribution < 1.29 is 9.30 Å². The highest BCUT2D eigenvalue weighted by molar-refractivity contribution is 6.09. The molecule has 3 aromatic heterocycles. The average molecular weight is 1090 g/mol. The number of hydrogen-bond donors (Lipinski definition) is 0. The van der Waals surface area contributed by atoms with Crippen molar-refractivity contribution in [2.75, 3.05) is 0 Å². The second-order valence-corrected chi connectivity index (χ2v) is 26.5. The van der Waals surface area contributed by atoms with E-state index in [1.807, 2.05) is 6.20 Å². The van der Waals surface area contributed by atoms with Crippen LogP contribution >= 0.6 is 0 Å². The van der Waals surface area contributed by atoms with Crippen molar-refractivity contribution in [3.63, 3.8) is 0 Å². The monoisotopic (exact) mass is 1090 g/mol. The molecule has 0 amide bonds. The molecule has 5 heteroatoms. The number of hydrogen-bond acceptors (Lipinski definition) is 2. The van der Waals surface area contributed by atoms with Gasteiger partial charge in [-0.25, -0.2) is 4.98 Å². The first-order valence-electron chi connectivity index (χ1n) is 29.9. The Morgan fingerprint density at radius 1 is 0.458 bits per heavy atom. The van der Waals surface area contributed by atoms with Gasteiger partial charge in [0, 0.05) is 39.3 Å². The van der Waals surface area contributed by atoms with Crippen LogP contribution in [0.5, 0.6) is 11.5 Å².